The quantitative estimate of drug-likeness (QED) is 0.582. The highest BCUT2D eigenvalue weighted by Crippen LogP contribution is 2.42. The maximum absolute atomic E-state index is 5.84. The van der Waals surface area contributed by atoms with E-state index in [1.165, 1.54) is 0 Å². The number of rotatable bonds is 4. The lowest BCUT2D eigenvalue weighted by molar-refractivity contribution is 0.754. The minimum absolute atomic E-state index is 0.105. The summed E-state index contributed by atoms with van der Waals surface area (Å²) in [6.45, 7) is 0. The lowest BCUT2D eigenvalue weighted by Gasteiger charge is -2.28. The third kappa shape index (κ3) is 4.14. The smallest absolute Gasteiger partial charge is 0.118 e. The Morgan fingerprint density at radius 3 is 1.79 bits per heavy atom. The zero-order valence-electron chi connectivity index (χ0n) is 6.33. The van der Waals surface area contributed by atoms with Crippen molar-refractivity contribution in [1.29, 1.82) is 0 Å². The highest BCUT2D eigenvalue weighted by Gasteiger charge is 2.44. The Balaban J connectivity index is 4.69. The molecule has 0 N–H and O–H groups in total. The molecule has 0 radical (unpaired) electrons. The summed E-state index contributed by atoms with van der Waals surface area (Å²) in [6.07, 6.45) is 0. The highest BCUT2D eigenvalue weighted by atomic mass is 35.5. The van der Waals surface area contributed by atoms with Crippen molar-refractivity contribution in [3.05, 3.63) is 10.6 Å². The second-order valence-electron chi connectivity index (χ2n) is 2.27. The van der Waals surface area contributed by atoms with Crippen LogP contribution in [0.25, 0.3) is 0 Å². The van der Waals surface area contributed by atoms with Crippen LogP contribution in [0.4, 0.5) is 0 Å². The maximum atomic E-state index is 5.84. The van der Waals surface area contributed by atoms with E-state index in [9.17, 15) is 0 Å². The molecule has 0 nitrogen and oxygen atoms in total. The van der Waals surface area contributed by atoms with E-state index < -0.39 is 19.9 Å². The van der Waals surface area contributed by atoms with Gasteiger partial charge in [-0.15, -0.1) is 46.4 Å². The van der Waals surface area contributed by atoms with Crippen LogP contribution in [0.2, 0.25) is 0 Å². The van der Waals surface area contributed by atoms with Gasteiger partial charge in [0.25, 0.3) is 0 Å². The summed E-state index contributed by atoms with van der Waals surface area (Å²) in [7, 11) is 0. The maximum Gasteiger partial charge on any atom is 0.166 e. The second kappa shape index (κ2) is 6.71. The van der Waals surface area contributed by atoms with Crippen LogP contribution >= 0.6 is 92.8 Å². The van der Waals surface area contributed by atoms with Crippen LogP contribution in [0, 0.1) is 0 Å². The third-order valence-electron chi connectivity index (χ3n) is 1.28. The van der Waals surface area contributed by atoms with E-state index >= 15 is 0 Å². The van der Waals surface area contributed by atoms with Gasteiger partial charge in [0.1, 0.15) is 4.84 Å². The van der Waals surface area contributed by atoms with Gasteiger partial charge < -0.3 is 0 Å². The minimum Gasteiger partial charge on any atom is -0.118 e. The molecule has 0 saturated heterocycles. The Morgan fingerprint density at radius 2 is 1.50 bits per heavy atom. The summed E-state index contributed by atoms with van der Waals surface area (Å²) >= 11 is 45.2. The Labute approximate surface area is 122 Å². The summed E-state index contributed by atoms with van der Waals surface area (Å²) < 4.78 is -1.61. The Bertz CT molecular complexity index is 210. The van der Waals surface area contributed by atoms with Crippen molar-refractivity contribution in [3.8, 4) is 0 Å². The molecule has 0 rings (SSSR count). The zero-order chi connectivity index (χ0) is 11.5. The van der Waals surface area contributed by atoms with Gasteiger partial charge in [-0.3, -0.25) is 0 Å². The summed E-state index contributed by atoms with van der Waals surface area (Å²) in [6, 6.07) is 0. The van der Waals surface area contributed by atoms with E-state index in [1.807, 2.05) is 0 Å². The molecule has 0 spiro atoms. The predicted molar refractivity (Wildman–Crippen MR) is 69.0 cm³/mol. The van der Waals surface area contributed by atoms with E-state index in [4.69, 9.17) is 92.8 Å². The molecule has 0 heterocycles. The van der Waals surface area contributed by atoms with Gasteiger partial charge in [0.05, 0.1) is 10.8 Å². The lowest BCUT2D eigenvalue weighted by atomic mass is 10.2. The fourth-order valence-electron chi connectivity index (χ4n) is 0.515. The Hall–Kier alpha value is 2.06. The molecule has 0 aromatic rings. The summed E-state index contributed by atoms with van der Waals surface area (Å²) in [5.74, 6) is 0. The van der Waals surface area contributed by atoms with Crippen molar-refractivity contribution >= 4 is 92.8 Å². The average Bonchev–Trinajstić information content (AvgIpc) is 2.13. The molecular weight excluding hydrogens is 356 g/mol. The molecule has 14 heavy (non-hydrogen) atoms. The van der Waals surface area contributed by atoms with Crippen LogP contribution in [-0.4, -0.2) is 19.9 Å². The van der Waals surface area contributed by atoms with Crippen LogP contribution in [0.1, 0.15) is 0 Å². The van der Waals surface area contributed by atoms with Crippen LogP contribution in [0.15, 0.2) is 10.6 Å². The largest absolute Gasteiger partial charge is 0.166 e. The van der Waals surface area contributed by atoms with Crippen molar-refractivity contribution in [2.45, 2.75) is 19.9 Å². The van der Waals surface area contributed by atoms with E-state index in [0.29, 0.717) is 0 Å². The number of alkyl halides is 6. The van der Waals surface area contributed by atoms with Gasteiger partial charge in [-0.1, -0.05) is 46.4 Å². The zero-order valence-corrected chi connectivity index (χ0v) is 12.4. The van der Waals surface area contributed by atoms with Gasteiger partial charge in [0.15, 0.2) is 4.33 Å². The Morgan fingerprint density at radius 1 is 1.07 bits per heavy atom. The van der Waals surface area contributed by atoms with Crippen molar-refractivity contribution in [3.63, 3.8) is 0 Å². The number of hydrogen-bond donors (Lipinski definition) is 0. The van der Waals surface area contributed by atoms with Crippen molar-refractivity contribution < 1.29 is 0 Å². The van der Waals surface area contributed by atoms with E-state index in [2.05, 4.69) is 0 Å². The number of halogens is 8. The molecule has 0 aliphatic rings. The minimum atomic E-state index is -1.61. The molecular formula is C6H4Cl8. The summed E-state index contributed by atoms with van der Waals surface area (Å²) in [5.41, 5.74) is 1.07. The molecule has 2 atom stereocenters. The molecule has 84 valence electrons. The van der Waals surface area contributed by atoms with Gasteiger partial charge in [-0.2, -0.15) is 0 Å². The van der Waals surface area contributed by atoms with Gasteiger partial charge in [-0.25, -0.2) is 0 Å². The SMILES string of the molecule is Cl/C=C(\Cl)[C@H](Cl)[C@H](Cl)C(Cl)(Cl)C(Cl)Cl. The second-order valence-corrected chi connectivity index (χ2v) is 6.41. The molecule has 0 aliphatic heterocycles. The predicted octanol–water partition coefficient (Wildman–Crippen LogP) is 5.50. The topological polar surface area (TPSA) is 0 Å². The van der Waals surface area contributed by atoms with Crippen LogP contribution in [0.5, 0.6) is 0 Å². The first-order chi connectivity index (χ1) is 6.25. The molecule has 0 saturated carbocycles. The van der Waals surface area contributed by atoms with Crippen LogP contribution < -0.4 is 0 Å². The number of allylic oxidation sites excluding steroid dienone is 1. The van der Waals surface area contributed by atoms with Crippen molar-refractivity contribution in [1.82, 2.24) is 0 Å². The monoisotopic (exact) mass is 356 g/mol. The van der Waals surface area contributed by atoms with Gasteiger partial charge >= 0.3 is 0 Å². The molecule has 0 fully saturated rings. The lowest BCUT2D eigenvalue weighted by Crippen LogP contribution is -2.39. The van der Waals surface area contributed by atoms with Crippen molar-refractivity contribution in [2.75, 3.05) is 0 Å². The van der Waals surface area contributed by atoms with Gasteiger partial charge in [0.2, 0.25) is 0 Å². The summed E-state index contributed by atoms with van der Waals surface area (Å²) in [4.78, 5) is -1.10. The van der Waals surface area contributed by atoms with Gasteiger partial charge in [-0.05, 0) is 0 Å². The molecule has 0 aromatic carbocycles. The average molecular weight is 360 g/mol. The van der Waals surface area contributed by atoms with Crippen LogP contribution in [0.3, 0.4) is 0 Å². The first kappa shape index (κ1) is 16.1. The molecule has 8 heteroatoms. The molecule has 0 aromatic heterocycles. The van der Waals surface area contributed by atoms with Crippen LogP contribution in [-0.2, 0) is 0 Å². The van der Waals surface area contributed by atoms with Crippen molar-refractivity contribution in [2.24, 2.45) is 0 Å². The normalized spacial score (nSPS) is 18.5. The van der Waals surface area contributed by atoms with E-state index in [-0.39, 0.29) is 5.03 Å². The van der Waals surface area contributed by atoms with E-state index in [0.717, 1.165) is 5.54 Å². The number of hydrogen-bond acceptors (Lipinski definition) is 0. The Kier molecular flexibility index (Phi) is 7.70. The third-order valence-corrected chi connectivity index (χ3v) is 5.56. The molecule has 0 amide bonds. The first-order valence-corrected chi connectivity index (χ1v) is 6.46. The van der Waals surface area contributed by atoms with Gasteiger partial charge in [0, 0.05) is 10.6 Å². The fourth-order valence-corrected chi connectivity index (χ4v) is 2.21. The summed E-state index contributed by atoms with van der Waals surface area (Å²) in [5, 5.41) is -1.74. The highest BCUT2D eigenvalue weighted by molar-refractivity contribution is 6.62. The molecule has 0 aliphatic carbocycles. The molecule has 0 bridgehead atoms. The van der Waals surface area contributed by atoms with E-state index in [1.54, 1.807) is 0 Å². The standard InChI is InChI=1S/C6H4Cl8/c7-1-2(8)3(9)4(10)6(13,14)5(11)12/h1,3-5H/b2-1-/t3-,4-/m0/s1. The first-order valence-electron chi connectivity index (χ1n) is 3.15. The fraction of sp³-hybridized carbons (Fsp3) is 0.667. The molecule has 0 unspecified atom stereocenters.